The smallest absolute Gasteiger partial charge is 0.329 e. The van der Waals surface area contributed by atoms with Crippen LogP contribution in [0.5, 0.6) is 0 Å². The Bertz CT molecular complexity index is 422. The fourth-order valence-electron chi connectivity index (χ4n) is 1.87. The number of ether oxygens (including phenoxy) is 2. The van der Waals surface area contributed by atoms with Gasteiger partial charge in [-0.3, -0.25) is 9.59 Å². The number of esters is 2. The van der Waals surface area contributed by atoms with Gasteiger partial charge in [-0.2, -0.15) is 5.26 Å². The second-order valence-corrected chi connectivity index (χ2v) is 4.71. The summed E-state index contributed by atoms with van der Waals surface area (Å²) in [7, 11) is 0. The zero-order valence-corrected chi connectivity index (χ0v) is 10.6. The van der Waals surface area contributed by atoms with Gasteiger partial charge in [0.1, 0.15) is 11.5 Å². The minimum absolute atomic E-state index is 0.130. The van der Waals surface area contributed by atoms with E-state index in [2.05, 4.69) is 0 Å². The molecule has 0 aromatic carbocycles. The highest BCUT2D eigenvalue weighted by molar-refractivity contribution is 6.12. The first-order valence-electron chi connectivity index (χ1n) is 5.70. The summed E-state index contributed by atoms with van der Waals surface area (Å²) in [5.74, 6) is -3.53. The quantitative estimate of drug-likeness (QED) is 0.595. The maximum atomic E-state index is 11.6. The van der Waals surface area contributed by atoms with Crippen LogP contribution in [0.2, 0.25) is 0 Å². The molecule has 1 fully saturated rings. The number of nitrogens with zero attached hydrogens (tertiary/aromatic N) is 1. The molecule has 2 atom stereocenters. The average Bonchev–Trinajstić information content (AvgIpc) is 2.53. The second kappa shape index (κ2) is 5.17. The normalized spacial score (nSPS) is 22.8. The van der Waals surface area contributed by atoms with Crippen LogP contribution in [0, 0.1) is 28.6 Å². The van der Waals surface area contributed by atoms with Gasteiger partial charge in [0.05, 0.1) is 18.4 Å². The first-order valence-corrected chi connectivity index (χ1v) is 5.70. The highest BCUT2D eigenvalue weighted by atomic mass is 16.6. The molecule has 1 aliphatic heterocycles. The van der Waals surface area contributed by atoms with Crippen LogP contribution in [0.1, 0.15) is 27.2 Å². The Morgan fingerprint density at radius 1 is 1.72 bits per heavy atom. The van der Waals surface area contributed by atoms with E-state index in [9.17, 15) is 9.59 Å². The van der Waals surface area contributed by atoms with Gasteiger partial charge in [0.2, 0.25) is 0 Å². The Kier molecular flexibility index (Phi) is 4.07. The predicted molar refractivity (Wildman–Crippen MR) is 61.7 cm³/mol. The summed E-state index contributed by atoms with van der Waals surface area (Å²) >= 11 is 0. The largest absolute Gasteiger partial charge is 0.465 e. The lowest BCUT2D eigenvalue weighted by Crippen LogP contribution is -2.32. The molecular formula is C12H16N2O4. The van der Waals surface area contributed by atoms with Crippen molar-refractivity contribution in [3.05, 3.63) is 0 Å². The standard InChI is InChI=1S/C12H16N2O4/c1-4-17-10(15)8(6-13)9(14)7-5-12(2,3)18-11(7)16/h7-8,14H,4-5H2,1-3H3. The summed E-state index contributed by atoms with van der Waals surface area (Å²) in [5, 5.41) is 16.8. The van der Waals surface area contributed by atoms with Crippen molar-refractivity contribution in [1.82, 2.24) is 0 Å². The molecule has 2 unspecified atom stereocenters. The van der Waals surface area contributed by atoms with Gasteiger partial charge in [-0.05, 0) is 20.8 Å². The first kappa shape index (κ1) is 14.2. The van der Waals surface area contributed by atoms with E-state index < -0.39 is 29.4 Å². The Morgan fingerprint density at radius 3 is 2.72 bits per heavy atom. The molecule has 1 N–H and O–H groups in total. The summed E-state index contributed by atoms with van der Waals surface area (Å²) < 4.78 is 9.78. The SMILES string of the molecule is CCOC(=O)C(C#N)C(=N)C1CC(C)(C)OC1=O. The summed E-state index contributed by atoms with van der Waals surface area (Å²) in [6.07, 6.45) is 0.294. The van der Waals surface area contributed by atoms with Gasteiger partial charge in [-0.1, -0.05) is 0 Å². The van der Waals surface area contributed by atoms with Crippen molar-refractivity contribution in [2.45, 2.75) is 32.8 Å². The number of carbonyl (C=O) groups excluding carboxylic acids is 2. The molecule has 0 spiro atoms. The zero-order valence-electron chi connectivity index (χ0n) is 10.6. The number of nitrogens with one attached hydrogen (secondary N) is 1. The molecule has 0 aliphatic carbocycles. The van der Waals surface area contributed by atoms with Crippen LogP contribution in [-0.2, 0) is 19.1 Å². The molecule has 1 heterocycles. The van der Waals surface area contributed by atoms with Crippen LogP contribution >= 0.6 is 0 Å². The zero-order chi connectivity index (χ0) is 13.9. The topological polar surface area (TPSA) is 100 Å². The number of hydrogen-bond acceptors (Lipinski definition) is 6. The lowest BCUT2D eigenvalue weighted by molar-refractivity contribution is -0.147. The van der Waals surface area contributed by atoms with E-state index in [1.54, 1.807) is 26.8 Å². The van der Waals surface area contributed by atoms with E-state index >= 15 is 0 Å². The Hall–Kier alpha value is -1.90. The van der Waals surface area contributed by atoms with Crippen molar-refractivity contribution in [1.29, 1.82) is 10.7 Å². The van der Waals surface area contributed by atoms with E-state index in [-0.39, 0.29) is 12.3 Å². The summed E-state index contributed by atoms with van der Waals surface area (Å²) in [6, 6.07) is 1.70. The van der Waals surface area contributed by atoms with Crippen molar-refractivity contribution in [3.63, 3.8) is 0 Å². The molecule has 1 rings (SSSR count). The maximum absolute atomic E-state index is 11.6. The fraction of sp³-hybridized carbons (Fsp3) is 0.667. The molecule has 0 amide bonds. The molecule has 0 aromatic rings. The molecule has 1 aliphatic rings. The molecule has 0 radical (unpaired) electrons. The first-order chi connectivity index (χ1) is 8.32. The molecular weight excluding hydrogens is 236 g/mol. The third-order valence-electron chi connectivity index (χ3n) is 2.69. The third-order valence-corrected chi connectivity index (χ3v) is 2.69. The number of nitriles is 1. The predicted octanol–water partition coefficient (Wildman–Crippen LogP) is 1.05. The van der Waals surface area contributed by atoms with E-state index in [4.69, 9.17) is 20.1 Å². The summed E-state index contributed by atoms with van der Waals surface area (Å²) in [5.41, 5.74) is -0.908. The van der Waals surface area contributed by atoms with E-state index in [0.29, 0.717) is 6.42 Å². The number of cyclic esters (lactones) is 1. The monoisotopic (exact) mass is 252 g/mol. The molecule has 18 heavy (non-hydrogen) atoms. The van der Waals surface area contributed by atoms with Gasteiger partial charge in [-0.15, -0.1) is 0 Å². The minimum Gasteiger partial charge on any atom is -0.465 e. The van der Waals surface area contributed by atoms with Crippen LogP contribution in [0.15, 0.2) is 0 Å². The number of carbonyl (C=O) groups is 2. The molecule has 1 saturated heterocycles. The van der Waals surface area contributed by atoms with Crippen LogP contribution in [-0.4, -0.2) is 29.9 Å². The molecule has 0 aromatic heterocycles. The van der Waals surface area contributed by atoms with Crippen LogP contribution in [0.25, 0.3) is 0 Å². The van der Waals surface area contributed by atoms with Crippen LogP contribution in [0.3, 0.4) is 0 Å². The Labute approximate surface area is 105 Å². The third kappa shape index (κ3) is 2.86. The maximum Gasteiger partial charge on any atom is 0.329 e. The lowest BCUT2D eigenvalue weighted by atomic mass is 9.87. The number of hydrogen-bond donors (Lipinski definition) is 1. The van der Waals surface area contributed by atoms with Crippen molar-refractivity contribution < 1.29 is 19.1 Å². The van der Waals surface area contributed by atoms with Gasteiger partial charge >= 0.3 is 11.9 Å². The van der Waals surface area contributed by atoms with Gasteiger partial charge in [0.15, 0.2) is 5.92 Å². The van der Waals surface area contributed by atoms with Gasteiger partial charge in [0.25, 0.3) is 0 Å². The highest BCUT2D eigenvalue weighted by Crippen LogP contribution is 2.32. The fourth-order valence-corrected chi connectivity index (χ4v) is 1.87. The summed E-state index contributed by atoms with van der Waals surface area (Å²) in [6.45, 7) is 5.20. The summed E-state index contributed by atoms with van der Waals surface area (Å²) in [4.78, 5) is 23.1. The molecule has 0 bridgehead atoms. The lowest BCUT2D eigenvalue weighted by Gasteiger charge is -2.15. The highest BCUT2D eigenvalue weighted by Gasteiger charge is 2.45. The van der Waals surface area contributed by atoms with Gasteiger partial charge in [-0.25, -0.2) is 0 Å². The van der Waals surface area contributed by atoms with E-state index in [0.717, 1.165) is 0 Å². The second-order valence-electron chi connectivity index (χ2n) is 4.71. The molecule has 6 nitrogen and oxygen atoms in total. The van der Waals surface area contributed by atoms with Gasteiger partial charge in [0, 0.05) is 6.42 Å². The van der Waals surface area contributed by atoms with Crippen LogP contribution in [0.4, 0.5) is 0 Å². The molecule has 98 valence electrons. The average molecular weight is 252 g/mol. The van der Waals surface area contributed by atoms with Crippen LogP contribution < -0.4 is 0 Å². The van der Waals surface area contributed by atoms with Crippen molar-refractivity contribution in [2.24, 2.45) is 11.8 Å². The Balaban J connectivity index is 2.84. The van der Waals surface area contributed by atoms with Crippen molar-refractivity contribution >= 4 is 17.7 Å². The van der Waals surface area contributed by atoms with Gasteiger partial charge < -0.3 is 14.9 Å². The molecule has 0 saturated carbocycles. The molecule has 6 heteroatoms. The van der Waals surface area contributed by atoms with Crippen molar-refractivity contribution in [2.75, 3.05) is 6.61 Å². The van der Waals surface area contributed by atoms with Crippen molar-refractivity contribution in [3.8, 4) is 6.07 Å². The Morgan fingerprint density at radius 2 is 2.33 bits per heavy atom. The van der Waals surface area contributed by atoms with E-state index in [1.165, 1.54) is 0 Å². The number of rotatable bonds is 4. The van der Waals surface area contributed by atoms with E-state index in [1.807, 2.05) is 0 Å². The minimum atomic E-state index is -1.34.